The molecule has 3 aliphatic rings. The maximum atomic E-state index is 9.32. The lowest BCUT2D eigenvalue weighted by Crippen LogP contribution is -2.51. The minimum Gasteiger partial charge on any atom is -0.462 e. The van der Waals surface area contributed by atoms with Crippen molar-refractivity contribution in [1.82, 2.24) is 20.2 Å². The summed E-state index contributed by atoms with van der Waals surface area (Å²) in [4.78, 5) is 14.7. The fraction of sp³-hybridized carbons (Fsp3) is 0.516. The molecule has 3 aromatic rings. The first-order valence-corrected chi connectivity index (χ1v) is 14.6. The highest BCUT2D eigenvalue weighted by Crippen LogP contribution is 2.49. The summed E-state index contributed by atoms with van der Waals surface area (Å²) in [6, 6.07) is 15.4. The Morgan fingerprint density at radius 2 is 2.02 bits per heavy atom. The van der Waals surface area contributed by atoms with Crippen LogP contribution >= 0.6 is 11.6 Å². The minimum atomic E-state index is -0.485. The maximum absolute atomic E-state index is 9.32. The summed E-state index contributed by atoms with van der Waals surface area (Å²) in [5.41, 5.74) is 2.52. The molecule has 0 saturated carbocycles. The third-order valence-corrected chi connectivity index (χ3v) is 9.08. The monoisotopic (exact) mass is 560 g/mol. The van der Waals surface area contributed by atoms with Crippen molar-refractivity contribution in [3.05, 3.63) is 58.2 Å². The Hall–Kier alpha value is -2.96. The summed E-state index contributed by atoms with van der Waals surface area (Å²) < 4.78 is 13.0. The SMILES string of the molecule is CN1CCC[C@H]1COc1nc(N2CCN[C@@H](CC#N)C2)c2c(n1)C(C)(C)C(c1cccc3cccc(Cl)c13)OC2. The highest BCUT2D eigenvalue weighted by Gasteiger charge is 2.43. The number of anilines is 1. The Morgan fingerprint density at radius 1 is 1.20 bits per heavy atom. The Balaban J connectivity index is 1.41. The van der Waals surface area contributed by atoms with Gasteiger partial charge in [0, 0.05) is 53.1 Å². The van der Waals surface area contributed by atoms with Crippen molar-refractivity contribution in [2.75, 3.05) is 44.7 Å². The van der Waals surface area contributed by atoms with Crippen LogP contribution in [-0.4, -0.2) is 66.8 Å². The van der Waals surface area contributed by atoms with Crippen molar-refractivity contribution < 1.29 is 9.47 Å². The summed E-state index contributed by atoms with van der Waals surface area (Å²) in [6.45, 7) is 8.69. The summed E-state index contributed by atoms with van der Waals surface area (Å²) in [6.07, 6.45) is 2.49. The number of rotatable bonds is 6. The van der Waals surface area contributed by atoms with Crippen LogP contribution in [0.2, 0.25) is 5.02 Å². The zero-order valence-corrected chi connectivity index (χ0v) is 24.2. The number of likely N-dealkylation sites (N-methyl/N-ethyl adjacent to an activating group) is 1. The second kappa shape index (κ2) is 11.1. The number of piperazine rings is 1. The predicted molar refractivity (Wildman–Crippen MR) is 157 cm³/mol. The van der Waals surface area contributed by atoms with Crippen molar-refractivity contribution in [2.24, 2.45) is 0 Å². The fourth-order valence-corrected chi connectivity index (χ4v) is 6.88. The Labute approximate surface area is 241 Å². The van der Waals surface area contributed by atoms with E-state index < -0.39 is 5.41 Å². The lowest BCUT2D eigenvalue weighted by atomic mass is 9.75. The quantitative estimate of drug-likeness (QED) is 0.451. The molecule has 3 atom stereocenters. The first-order chi connectivity index (χ1) is 19.4. The molecule has 210 valence electrons. The van der Waals surface area contributed by atoms with Crippen LogP contribution < -0.4 is 15.0 Å². The smallest absolute Gasteiger partial charge is 0.318 e. The van der Waals surface area contributed by atoms with Gasteiger partial charge in [0.15, 0.2) is 0 Å². The topological polar surface area (TPSA) is 86.5 Å². The van der Waals surface area contributed by atoms with E-state index in [0.717, 1.165) is 64.5 Å². The number of benzene rings is 2. The van der Waals surface area contributed by atoms with E-state index in [1.807, 2.05) is 12.1 Å². The van der Waals surface area contributed by atoms with Crippen LogP contribution in [0.1, 0.15) is 56.0 Å². The molecule has 0 bridgehead atoms. The lowest BCUT2D eigenvalue weighted by molar-refractivity contribution is -0.0245. The first kappa shape index (κ1) is 27.2. The van der Waals surface area contributed by atoms with Gasteiger partial charge in [0.25, 0.3) is 0 Å². The molecule has 4 heterocycles. The number of fused-ring (bicyclic) bond motifs is 2. The van der Waals surface area contributed by atoms with E-state index in [9.17, 15) is 5.26 Å². The highest BCUT2D eigenvalue weighted by atomic mass is 35.5. The number of likely N-dealkylation sites (tertiary alicyclic amines) is 1. The lowest BCUT2D eigenvalue weighted by Gasteiger charge is -2.42. The van der Waals surface area contributed by atoms with Crippen LogP contribution in [0.3, 0.4) is 0 Å². The summed E-state index contributed by atoms with van der Waals surface area (Å²) in [5.74, 6) is 0.853. The van der Waals surface area contributed by atoms with Gasteiger partial charge in [-0.15, -0.1) is 0 Å². The van der Waals surface area contributed by atoms with E-state index in [-0.39, 0.29) is 12.1 Å². The zero-order chi connectivity index (χ0) is 27.9. The summed E-state index contributed by atoms with van der Waals surface area (Å²) in [5, 5.41) is 15.6. The minimum absolute atomic E-state index is 0.0870. The highest BCUT2D eigenvalue weighted by molar-refractivity contribution is 6.35. The van der Waals surface area contributed by atoms with Gasteiger partial charge in [-0.3, -0.25) is 0 Å². The molecule has 2 fully saturated rings. The molecule has 0 amide bonds. The molecule has 9 heteroatoms. The first-order valence-electron chi connectivity index (χ1n) is 14.2. The van der Waals surface area contributed by atoms with E-state index >= 15 is 0 Å². The Kier molecular flexibility index (Phi) is 7.58. The van der Waals surface area contributed by atoms with Crippen LogP contribution in [0.5, 0.6) is 6.01 Å². The third kappa shape index (κ3) is 5.01. The number of halogens is 1. The zero-order valence-electron chi connectivity index (χ0n) is 23.5. The molecule has 2 saturated heterocycles. The van der Waals surface area contributed by atoms with Gasteiger partial charge in [-0.25, -0.2) is 0 Å². The molecule has 1 N–H and O–H groups in total. The molecular weight excluding hydrogens is 524 g/mol. The Bertz CT molecular complexity index is 1430. The van der Waals surface area contributed by atoms with Gasteiger partial charge in [-0.2, -0.15) is 15.2 Å². The van der Waals surface area contributed by atoms with Crippen LogP contribution in [0.25, 0.3) is 10.8 Å². The van der Waals surface area contributed by atoms with Crippen LogP contribution in [0.15, 0.2) is 36.4 Å². The average Bonchev–Trinajstić information content (AvgIpc) is 3.36. The van der Waals surface area contributed by atoms with E-state index in [2.05, 4.69) is 66.3 Å². The van der Waals surface area contributed by atoms with Gasteiger partial charge >= 0.3 is 6.01 Å². The van der Waals surface area contributed by atoms with Gasteiger partial charge in [0.05, 0.1) is 30.9 Å². The predicted octanol–water partition coefficient (Wildman–Crippen LogP) is 5.00. The average molecular weight is 561 g/mol. The van der Waals surface area contributed by atoms with Crippen molar-refractivity contribution >= 4 is 28.2 Å². The Morgan fingerprint density at radius 3 is 2.80 bits per heavy atom. The molecule has 0 radical (unpaired) electrons. The number of nitrogens with zero attached hydrogens (tertiary/aromatic N) is 5. The van der Waals surface area contributed by atoms with E-state index in [4.69, 9.17) is 31.0 Å². The maximum Gasteiger partial charge on any atom is 0.318 e. The van der Waals surface area contributed by atoms with Gasteiger partial charge in [0.1, 0.15) is 12.4 Å². The van der Waals surface area contributed by atoms with Crippen molar-refractivity contribution in [2.45, 2.75) is 63.3 Å². The number of hydrogen-bond acceptors (Lipinski definition) is 8. The van der Waals surface area contributed by atoms with E-state index in [1.165, 1.54) is 6.42 Å². The molecular formula is C31H37ClN6O2. The van der Waals surface area contributed by atoms with E-state index in [0.29, 0.717) is 38.2 Å². The summed E-state index contributed by atoms with van der Waals surface area (Å²) >= 11 is 6.74. The van der Waals surface area contributed by atoms with E-state index in [1.54, 1.807) is 0 Å². The molecule has 6 rings (SSSR count). The molecule has 40 heavy (non-hydrogen) atoms. The number of nitrogens with one attached hydrogen (secondary N) is 1. The van der Waals surface area contributed by atoms with Crippen molar-refractivity contribution in [3.63, 3.8) is 0 Å². The van der Waals surface area contributed by atoms with Crippen molar-refractivity contribution in [1.29, 1.82) is 5.26 Å². The normalized spacial score (nSPS) is 24.6. The number of nitriles is 1. The van der Waals surface area contributed by atoms with Gasteiger partial charge in [0.2, 0.25) is 0 Å². The molecule has 0 aliphatic carbocycles. The molecule has 3 aliphatic heterocycles. The molecule has 1 unspecified atom stereocenters. The van der Waals surface area contributed by atoms with Crippen LogP contribution in [0, 0.1) is 11.3 Å². The largest absolute Gasteiger partial charge is 0.462 e. The van der Waals surface area contributed by atoms with Gasteiger partial charge in [-0.05, 0) is 43.5 Å². The number of ether oxygens (including phenoxy) is 2. The standard InChI is InChI=1S/C31H37ClN6O2/c1-31(2)27-24(19-39-28(31)23-10-4-7-20-8-5-11-25(32)26(20)23)29(38-16-14-34-21(17-38)12-13-33)36-30(35-27)40-18-22-9-6-15-37(22)3/h4-5,7-8,10-11,21-22,28,34H,6,9,12,14-19H2,1-3H3/t21-,22-,28?/m0/s1. The number of hydrogen-bond donors (Lipinski definition) is 1. The number of aromatic nitrogens is 2. The van der Waals surface area contributed by atoms with Crippen LogP contribution in [-0.2, 0) is 16.8 Å². The molecule has 8 nitrogen and oxygen atoms in total. The van der Waals surface area contributed by atoms with Crippen molar-refractivity contribution in [3.8, 4) is 12.1 Å². The van der Waals surface area contributed by atoms with Gasteiger partial charge in [-0.1, -0.05) is 55.8 Å². The molecule has 2 aromatic carbocycles. The second-order valence-corrected chi connectivity index (χ2v) is 12.2. The molecule has 0 spiro atoms. The molecule has 1 aromatic heterocycles. The second-order valence-electron chi connectivity index (χ2n) is 11.8. The van der Waals surface area contributed by atoms with Crippen LogP contribution in [0.4, 0.5) is 5.82 Å². The fourth-order valence-electron chi connectivity index (χ4n) is 6.59. The van der Waals surface area contributed by atoms with Gasteiger partial charge < -0.3 is 24.6 Å². The third-order valence-electron chi connectivity index (χ3n) is 8.76. The summed E-state index contributed by atoms with van der Waals surface area (Å²) in [7, 11) is 2.15.